The molecule has 0 spiro atoms. The van der Waals surface area contributed by atoms with Crippen LogP contribution in [0.15, 0.2) is 25.9 Å². The number of aryl methyl sites for hydroxylation is 1. The van der Waals surface area contributed by atoms with Crippen molar-refractivity contribution in [3.05, 3.63) is 33.9 Å². The average molecular weight is 389 g/mol. The number of benzene rings is 1. The molecule has 2 rings (SSSR count). The highest BCUT2D eigenvalue weighted by Gasteiger charge is 2.23. The zero-order valence-electron chi connectivity index (χ0n) is 11.3. The second-order valence-corrected chi connectivity index (χ2v) is 6.74. The van der Waals surface area contributed by atoms with E-state index in [0.29, 0.717) is 6.42 Å². The normalized spacial score (nSPS) is 11.2. The molecule has 1 aromatic heterocycles. The quantitative estimate of drug-likeness (QED) is 0.842. The third-order valence-electron chi connectivity index (χ3n) is 2.58. The van der Waals surface area contributed by atoms with Gasteiger partial charge in [0.25, 0.3) is 10.0 Å². The Balaban J connectivity index is 2.34. The highest BCUT2D eigenvalue weighted by Crippen LogP contribution is 2.25. The summed E-state index contributed by atoms with van der Waals surface area (Å²) in [6.07, 6.45) is 1.26. The van der Waals surface area contributed by atoms with Gasteiger partial charge in [0.05, 0.1) is 5.56 Å². The molecule has 10 heteroatoms. The van der Waals surface area contributed by atoms with E-state index in [0.717, 1.165) is 18.6 Å². The molecule has 0 amide bonds. The lowest BCUT2D eigenvalue weighted by molar-refractivity contribution is 0.504. The Morgan fingerprint density at radius 3 is 2.82 bits per heavy atom. The van der Waals surface area contributed by atoms with Gasteiger partial charge in [-0.2, -0.15) is 5.26 Å². The maximum atomic E-state index is 13.9. The van der Waals surface area contributed by atoms with Gasteiger partial charge in [-0.25, -0.2) is 17.5 Å². The van der Waals surface area contributed by atoms with E-state index in [9.17, 15) is 12.8 Å². The van der Waals surface area contributed by atoms with Gasteiger partial charge >= 0.3 is 6.01 Å². The molecule has 7 nitrogen and oxygen atoms in total. The molecule has 2 aromatic rings. The first-order valence-corrected chi connectivity index (χ1v) is 8.39. The van der Waals surface area contributed by atoms with E-state index < -0.39 is 20.7 Å². The Hall–Kier alpha value is -1.99. The van der Waals surface area contributed by atoms with Gasteiger partial charge in [-0.15, -0.1) is 5.10 Å². The maximum absolute atomic E-state index is 13.9. The molecule has 0 aliphatic heterocycles. The van der Waals surface area contributed by atoms with Crippen LogP contribution < -0.4 is 4.72 Å². The van der Waals surface area contributed by atoms with Crippen LogP contribution >= 0.6 is 15.9 Å². The molecule has 22 heavy (non-hydrogen) atoms. The van der Waals surface area contributed by atoms with Crippen LogP contribution in [0.5, 0.6) is 0 Å². The molecule has 0 saturated carbocycles. The standard InChI is InChI=1S/C12H10BrFN4O3S/c1-2-3-11-16-17-12(21-11)18-22(19,20)10-5-8(13)7(6-15)4-9(10)14/h4-5H,2-3H2,1H3,(H,17,18). The number of rotatable bonds is 5. The fourth-order valence-electron chi connectivity index (χ4n) is 1.60. The summed E-state index contributed by atoms with van der Waals surface area (Å²) >= 11 is 3.01. The fraction of sp³-hybridized carbons (Fsp3) is 0.250. The minimum atomic E-state index is -4.25. The van der Waals surface area contributed by atoms with Gasteiger partial charge in [0.2, 0.25) is 5.89 Å². The lowest BCUT2D eigenvalue weighted by Gasteiger charge is -2.06. The van der Waals surface area contributed by atoms with Gasteiger partial charge in [-0.1, -0.05) is 12.0 Å². The van der Waals surface area contributed by atoms with Crippen molar-refractivity contribution in [2.24, 2.45) is 0 Å². The number of nitriles is 1. The molecule has 1 heterocycles. The molecular formula is C12H10BrFN4O3S. The Bertz CT molecular complexity index is 845. The van der Waals surface area contributed by atoms with Crippen LogP contribution in [0, 0.1) is 17.1 Å². The first-order chi connectivity index (χ1) is 10.4. The van der Waals surface area contributed by atoms with Crippen molar-refractivity contribution >= 4 is 32.0 Å². The van der Waals surface area contributed by atoms with Gasteiger partial charge in [0.1, 0.15) is 16.8 Å². The largest absolute Gasteiger partial charge is 0.407 e. The summed E-state index contributed by atoms with van der Waals surface area (Å²) < 4.78 is 45.5. The van der Waals surface area contributed by atoms with Crippen LogP contribution in [-0.4, -0.2) is 18.6 Å². The summed E-state index contributed by atoms with van der Waals surface area (Å²) in [7, 11) is -4.25. The molecule has 0 aliphatic carbocycles. The van der Waals surface area contributed by atoms with Gasteiger partial charge < -0.3 is 4.42 Å². The number of halogens is 2. The van der Waals surface area contributed by atoms with Crippen LogP contribution in [0.2, 0.25) is 0 Å². The predicted octanol–water partition coefficient (Wildman–Crippen LogP) is 2.60. The van der Waals surface area contributed by atoms with E-state index in [4.69, 9.17) is 9.68 Å². The number of nitrogens with one attached hydrogen (secondary N) is 1. The molecular weight excluding hydrogens is 379 g/mol. The molecule has 0 atom stereocenters. The van der Waals surface area contributed by atoms with E-state index in [1.807, 2.05) is 11.6 Å². The third-order valence-corrected chi connectivity index (χ3v) is 4.58. The monoisotopic (exact) mass is 388 g/mol. The van der Waals surface area contributed by atoms with Gasteiger partial charge in [-0.3, -0.25) is 0 Å². The summed E-state index contributed by atoms with van der Waals surface area (Å²) in [6, 6.07) is 3.22. The van der Waals surface area contributed by atoms with E-state index in [1.54, 1.807) is 6.07 Å². The van der Waals surface area contributed by atoms with Crippen molar-refractivity contribution in [1.82, 2.24) is 10.2 Å². The molecule has 0 radical (unpaired) electrons. The highest BCUT2D eigenvalue weighted by molar-refractivity contribution is 9.10. The van der Waals surface area contributed by atoms with E-state index in [1.165, 1.54) is 0 Å². The van der Waals surface area contributed by atoms with Crippen LogP contribution in [0.25, 0.3) is 0 Å². The molecule has 0 saturated heterocycles. The first-order valence-electron chi connectivity index (χ1n) is 6.11. The maximum Gasteiger partial charge on any atom is 0.329 e. The van der Waals surface area contributed by atoms with Crippen molar-refractivity contribution in [2.75, 3.05) is 4.72 Å². The molecule has 1 N–H and O–H groups in total. The Kier molecular flexibility index (Phi) is 4.77. The van der Waals surface area contributed by atoms with E-state index in [-0.39, 0.29) is 21.9 Å². The first kappa shape index (κ1) is 16.4. The summed E-state index contributed by atoms with van der Waals surface area (Å²) in [6.45, 7) is 1.90. The van der Waals surface area contributed by atoms with E-state index in [2.05, 4.69) is 26.1 Å². The minimum Gasteiger partial charge on any atom is -0.407 e. The van der Waals surface area contributed by atoms with Gasteiger partial charge in [-0.05, 0) is 34.5 Å². The summed E-state index contributed by atoms with van der Waals surface area (Å²) in [5, 5.41) is 16.0. The summed E-state index contributed by atoms with van der Waals surface area (Å²) in [5.41, 5.74) is -0.0144. The summed E-state index contributed by atoms with van der Waals surface area (Å²) in [5.74, 6) is -0.776. The number of aromatic nitrogens is 2. The summed E-state index contributed by atoms with van der Waals surface area (Å²) in [4.78, 5) is -0.631. The van der Waals surface area contributed by atoms with Crippen LogP contribution in [0.1, 0.15) is 24.8 Å². The van der Waals surface area contributed by atoms with Crippen molar-refractivity contribution in [2.45, 2.75) is 24.7 Å². The topological polar surface area (TPSA) is 109 Å². The van der Waals surface area contributed by atoms with E-state index >= 15 is 0 Å². The molecule has 1 aromatic carbocycles. The average Bonchev–Trinajstić information content (AvgIpc) is 2.87. The van der Waals surface area contributed by atoms with Crippen molar-refractivity contribution in [3.8, 4) is 6.07 Å². The van der Waals surface area contributed by atoms with Crippen LogP contribution in [0.3, 0.4) is 0 Å². The Labute approximate surface area is 134 Å². The molecule has 0 unspecified atom stereocenters. The van der Waals surface area contributed by atoms with Crippen LogP contribution in [-0.2, 0) is 16.4 Å². The molecule has 0 fully saturated rings. The SMILES string of the molecule is CCCc1nnc(NS(=O)(=O)c2cc(Br)c(C#N)cc2F)o1. The number of nitrogens with zero attached hydrogens (tertiary/aromatic N) is 3. The zero-order chi connectivity index (χ0) is 16.3. The minimum absolute atomic E-state index is 0.0144. The number of hydrogen-bond donors (Lipinski definition) is 1. The second-order valence-electron chi connectivity index (χ2n) is 4.23. The molecule has 0 bridgehead atoms. The predicted molar refractivity (Wildman–Crippen MR) is 77.9 cm³/mol. The molecule has 0 aliphatic rings. The van der Waals surface area contributed by atoms with Crippen molar-refractivity contribution in [3.63, 3.8) is 0 Å². The third kappa shape index (κ3) is 3.42. The highest BCUT2D eigenvalue weighted by atomic mass is 79.9. The smallest absolute Gasteiger partial charge is 0.329 e. The van der Waals surface area contributed by atoms with Crippen molar-refractivity contribution in [1.29, 1.82) is 5.26 Å². The second kappa shape index (κ2) is 6.41. The molecule has 116 valence electrons. The fourth-order valence-corrected chi connectivity index (χ4v) is 3.19. The lowest BCUT2D eigenvalue weighted by atomic mass is 10.2. The Morgan fingerprint density at radius 2 is 2.18 bits per heavy atom. The number of hydrogen-bond acceptors (Lipinski definition) is 6. The van der Waals surface area contributed by atoms with Gasteiger partial charge in [0.15, 0.2) is 0 Å². The lowest BCUT2D eigenvalue weighted by Crippen LogP contribution is -2.15. The zero-order valence-corrected chi connectivity index (χ0v) is 13.7. The van der Waals surface area contributed by atoms with Crippen molar-refractivity contribution < 1.29 is 17.2 Å². The number of anilines is 1. The number of sulfonamides is 1. The van der Waals surface area contributed by atoms with Crippen LogP contribution in [0.4, 0.5) is 10.4 Å². The van der Waals surface area contributed by atoms with Gasteiger partial charge in [0, 0.05) is 10.9 Å². The Morgan fingerprint density at radius 1 is 1.45 bits per heavy atom.